The van der Waals surface area contributed by atoms with Crippen LogP contribution in [0, 0.1) is 6.92 Å². The average molecular weight is 266 g/mol. The molecule has 4 heteroatoms. The van der Waals surface area contributed by atoms with E-state index < -0.39 is 0 Å². The summed E-state index contributed by atoms with van der Waals surface area (Å²) in [4.78, 5) is 16.3. The Hall–Kier alpha value is -2.62. The first-order chi connectivity index (χ1) is 9.69. The Kier molecular flexibility index (Phi) is 2.99. The zero-order chi connectivity index (χ0) is 14.1. The number of pyridine rings is 1. The van der Waals surface area contributed by atoms with Crippen LogP contribution in [0.1, 0.15) is 15.9 Å². The Bertz CT molecular complexity index is 773. The lowest BCUT2D eigenvalue weighted by Gasteiger charge is -2.00. The van der Waals surface area contributed by atoms with E-state index in [1.165, 1.54) is 12.7 Å². The third kappa shape index (κ3) is 2.05. The smallest absolute Gasteiger partial charge is 0.341 e. The van der Waals surface area contributed by atoms with Gasteiger partial charge in [0.15, 0.2) is 5.65 Å². The van der Waals surface area contributed by atoms with Gasteiger partial charge in [0.1, 0.15) is 5.56 Å². The number of imidazole rings is 1. The van der Waals surface area contributed by atoms with Crippen molar-refractivity contribution in [3.63, 3.8) is 0 Å². The molecule has 0 aliphatic rings. The number of ether oxygens (including phenoxy) is 1. The summed E-state index contributed by atoms with van der Waals surface area (Å²) in [5.41, 5.74) is 4.13. The van der Waals surface area contributed by atoms with Crippen LogP contribution in [0.25, 0.3) is 16.9 Å². The molecule has 3 aromatic rings. The van der Waals surface area contributed by atoms with Crippen molar-refractivity contribution < 1.29 is 9.53 Å². The monoisotopic (exact) mass is 266 g/mol. The number of nitrogens with zero attached hydrogens (tertiary/aromatic N) is 2. The highest BCUT2D eigenvalue weighted by Gasteiger charge is 2.13. The summed E-state index contributed by atoms with van der Waals surface area (Å²) in [5.74, 6) is -0.378. The minimum absolute atomic E-state index is 0.378. The third-order valence-corrected chi connectivity index (χ3v) is 3.24. The molecule has 0 bridgehead atoms. The maximum Gasteiger partial charge on any atom is 0.341 e. The van der Waals surface area contributed by atoms with Gasteiger partial charge >= 0.3 is 5.97 Å². The summed E-state index contributed by atoms with van der Waals surface area (Å²) in [6, 6.07) is 11.7. The summed E-state index contributed by atoms with van der Waals surface area (Å²) in [6.07, 6.45) is 3.78. The Balaban J connectivity index is 2.15. The Morgan fingerprint density at radius 1 is 1.20 bits per heavy atom. The number of aryl methyl sites for hydroxylation is 1. The number of methoxy groups -OCH3 is 1. The molecule has 0 saturated carbocycles. The van der Waals surface area contributed by atoms with E-state index in [0.717, 1.165) is 11.3 Å². The van der Waals surface area contributed by atoms with E-state index in [4.69, 9.17) is 4.74 Å². The zero-order valence-corrected chi connectivity index (χ0v) is 11.3. The molecule has 20 heavy (non-hydrogen) atoms. The van der Waals surface area contributed by atoms with E-state index in [9.17, 15) is 4.79 Å². The number of esters is 1. The fourth-order valence-electron chi connectivity index (χ4n) is 2.15. The van der Waals surface area contributed by atoms with Crippen LogP contribution in [-0.2, 0) is 4.74 Å². The molecule has 0 aliphatic heterocycles. The van der Waals surface area contributed by atoms with Crippen LogP contribution in [0.5, 0.6) is 0 Å². The number of hydrogen-bond donors (Lipinski definition) is 0. The Labute approximate surface area is 116 Å². The lowest BCUT2D eigenvalue weighted by Crippen LogP contribution is -2.03. The highest BCUT2D eigenvalue weighted by Crippen LogP contribution is 2.21. The fourth-order valence-corrected chi connectivity index (χ4v) is 2.15. The van der Waals surface area contributed by atoms with Crippen molar-refractivity contribution >= 4 is 11.6 Å². The summed E-state index contributed by atoms with van der Waals surface area (Å²) in [7, 11) is 1.37. The summed E-state index contributed by atoms with van der Waals surface area (Å²) >= 11 is 0. The van der Waals surface area contributed by atoms with Crippen LogP contribution in [0.3, 0.4) is 0 Å². The molecule has 0 saturated heterocycles. The van der Waals surface area contributed by atoms with Gasteiger partial charge in [0.25, 0.3) is 0 Å². The Morgan fingerprint density at radius 2 is 1.95 bits per heavy atom. The van der Waals surface area contributed by atoms with Gasteiger partial charge in [-0.3, -0.25) is 0 Å². The number of aromatic nitrogens is 2. The fraction of sp³-hybridized carbons (Fsp3) is 0.125. The van der Waals surface area contributed by atoms with Crippen molar-refractivity contribution in [3.8, 4) is 11.3 Å². The predicted octanol–water partition coefficient (Wildman–Crippen LogP) is 3.10. The van der Waals surface area contributed by atoms with Crippen LogP contribution >= 0.6 is 0 Å². The van der Waals surface area contributed by atoms with Gasteiger partial charge in [-0.1, -0.05) is 29.8 Å². The van der Waals surface area contributed by atoms with Gasteiger partial charge in [-0.25, -0.2) is 9.78 Å². The zero-order valence-electron chi connectivity index (χ0n) is 11.3. The minimum Gasteiger partial charge on any atom is -0.465 e. The minimum atomic E-state index is -0.378. The van der Waals surface area contributed by atoms with E-state index in [2.05, 4.69) is 4.98 Å². The van der Waals surface area contributed by atoms with Crippen LogP contribution < -0.4 is 0 Å². The van der Waals surface area contributed by atoms with Gasteiger partial charge in [0, 0.05) is 18.0 Å². The molecule has 0 radical (unpaired) electrons. The van der Waals surface area contributed by atoms with E-state index in [0.29, 0.717) is 11.2 Å². The molecule has 1 aromatic carbocycles. The summed E-state index contributed by atoms with van der Waals surface area (Å²) in [6.45, 7) is 2.04. The summed E-state index contributed by atoms with van der Waals surface area (Å²) in [5, 5.41) is 0. The van der Waals surface area contributed by atoms with Crippen LogP contribution in [-0.4, -0.2) is 22.5 Å². The van der Waals surface area contributed by atoms with E-state index in [1.807, 2.05) is 48.0 Å². The number of carbonyl (C=O) groups excluding carboxylic acids is 1. The quantitative estimate of drug-likeness (QED) is 0.669. The molecule has 0 amide bonds. The second-order valence-electron chi connectivity index (χ2n) is 4.64. The van der Waals surface area contributed by atoms with Crippen molar-refractivity contribution in [1.29, 1.82) is 0 Å². The molecule has 0 N–H and O–H groups in total. The normalized spacial score (nSPS) is 10.7. The Morgan fingerprint density at radius 3 is 2.65 bits per heavy atom. The van der Waals surface area contributed by atoms with Gasteiger partial charge in [-0.2, -0.15) is 0 Å². The van der Waals surface area contributed by atoms with E-state index >= 15 is 0 Å². The van der Waals surface area contributed by atoms with Gasteiger partial charge in [-0.05, 0) is 19.1 Å². The maximum absolute atomic E-state index is 11.7. The second kappa shape index (κ2) is 4.81. The van der Waals surface area contributed by atoms with Crippen LogP contribution in [0.4, 0.5) is 0 Å². The van der Waals surface area contributed by atoms with Crippen molar-refractivity contribution in [2.24, 2.45) is 0 Å². The third-order valence-electron chi connectivity index (χ3n) is 3.24. The van der Waals surface area contributed by atoms with Gasteiger partial charge in [-0.15, -0.1) is 0 Å². The average Bonchev–Trinajstić information content (AvgIpc) is 2.91. The second-order valence-corrected chi connectivity index (χ2v) is 4.64. The van der Waals surface area contributed by atoms with Crippen molar-refractivity contribution in [3.05, 3.63) is 59.9 Å². The summed E-state index contributed by atoms with van der Waals surface area (Å²) < 4.78 is 6.62. The first-order valence-electron chi connectivity index (χ1n) is 6.32. The molecule has 3 rings (SSSR count). The highest BCUT2D eigenvalue weighted by atomic mass is 16.5. The molecule has 2 heterocycles. The molecule has 0 aliphatic carbocycles. The number of carbonyl (C=O) groups is 1. The lowest BCUT2D eigenvalue weighted by molar-refractivity contribution is 0.0602. The first-order valence-corrected chi connectivity index (χ1v) is 6.32. The number of benzene rings is 1. The molecule has 0 spiro atoms. The van der Waals surface area contributed by atoms with Crippen LogP contribution in [0.2, 0.25) is 0 Å². The van der Waals surface area contributed by atoms with Gasteiger partial charge in [0.05, 0.1) is 12.8 Å². The SMILES string of the molecule is COC(=O)c1cccn2cc(-c3ccc(C)cc3)nc12. The van der Waals surface area contributed by atoms with Gasteiger partial charge in [0.2, 0.25) is 0 Å². The van der Waals surface area contributed by atoms with Crippen molar-refractivity contribution in [2.75, 3.05) is 7.11 Å². The molecule has 0 atom stereocenters. The molecular weight excluding hydrogens is 252 g/mol. The van der Waals surface area contributed by atoms with E-state index in [-0.39, 0.29) is 5.97 Å². The molecule has 100 valence electrons. The first kappa shape index (κ1) is 12.4. The predicted molar refractivity (Wildman–Crippen MR) is 76.7 cm³/mol. The number of hydrogen-bond acceptors (Lipinski definition) is 3. The van der Waals surface area contributed by atoms with Crippen LogP contribution in [0.15, 0.2) is 48.8 Å². The number of rotatable bonds is 2. The molecule has 2 aromatic heterocycles. The van der Waals surface area contributed by atoms with Crippen molar-refractivity contribution in [2.45, 2.75) is 6.92 Å². The molecular formula is C16H14N2O2. The standard InChI is InChI=1S/C16H14N2O2/c1-11-5-7-12(8-6-11)14-10-18-9-3-4-13(15(18)17-14)16(19)20-2/h3-10H,1-2H3. The van der Waals surface area contributed by atoms with E-state index in [1.54, 1.807) is 12.1 Å². The highest BCUT2D eigenvalue weighted by molar-refractivity contribution is 5.96. The number of fused-ring (bicyclic) bond motifs is 1. The molecule has 0 unspecified atom stereocenters. The molecule has 4 nitrogen and oxygen atoms in total. The topological polar surface area (TPSA) is 43.6 Å². The largest absolute Gasteiger partial charge is 0.465 e. The van der Waals surface area contributed by atoms with Gasteiger partial charge < -0.3 is 9.14 Å². The van der Waals surface area contributed by atoms with Crippen molar-refractivity contribution in [1.82, 2.24) is 9.38 Å². The molecule has 0 fully saturated rings. The lowest BCUT2D eigenvalue weighted by atomic mass is 10.1. The maximum atomic E-state index is 11.7.